The van der Waals surface area contributed by atoms with E-state index in [1.165, 1.54) is 55.6 Å². The molecule has 6 rings (SSSR count). The summed E-state index contributed by atoms with van der Waals surface area (Å²) in [6, 6.07) is 17.6. The topological polar surface area (TPSA) is 36.9 Å². The highest BCUT2D eigenvalue weighted by atomic mass is 16.5. The van der Waals surface area contributed by atoms with Crippen molar-refractivity contribution in [1.29, 1.82) is 0 Å². The highest BCUT2D eigenvalue weighted by Gasteiger charge is 2.37. The number of ether oxygens (including phenoxy) is 4. The van der Waals surface area contributed by atoms with Crippen molar-refractivity contribution in [3.05, 3.63) is 93.0 Å². The second kappa shape index (κ2) is 11.4. The molecule has 0 spiro atoms. The Morgan fingerprint density at radius 2 is 0.905 bits per heavy atom. The van der Waals surface area contributed by atoms with Crippen LogP contribution in [0.15, 0.2) is 48.5 Å². The molecule has 0 saturated heterocycles. The zero-order valence-electron chi connectivity index (χ0n) is 26.1. The fourth-order valence-corrected chi connectivity index (χ4v) is 7.39. The quantitative estimate of drug-likeness (QED) is 0.167. The number of fused-ring (bicyclic) bond motifs is 6. The second-order valence-electron chi connectivity index (χ2n) is 11.2. The molecule has 0 aromatic heterocycles. The van der Waals surface area contributed by atoms with Crippen LogP contribution in [0.5, 0.6) is 23.0 Å². The molecule has 0 heterocycles. The highest BCUT2D eigenvalue weighted by Crippen LogP contribution is 2.57. The van der Waals surface area contributed by atoms with Crippen LogP contribution in [0.2, 0.25) is 0 Å². The molecule has 42 heavy (non-hydrogen) atoms. The minimum Gasteiger partial charge on any atom is -0.490 e. The molecular formula is C38H42O4. The molecule has 0 atom stereocenters. The maximum Gasteiger partial charge on any atom is 0.165 e. The maximum atomic E-state index is 6.55. The normalized spacial score (nSPS) is 12.6. The van der Waals surface area contributed by atoms with E-state index in [2.05, 4.69) is 83.1 Å². The third-order valence-electron chi connectivity index (χ3n) is 8.92. The van der Waals surface area contributed by atoms with E-state index in [0.29, 0.717) is 26.4 Å². The summed E-state index contributed by atoms with van der Waals surface area (Å²) in [7, 11) is 0. The fraction of sp³-hybridized carbons (Fsp3) is 0.368. The molecule has 0 bridgehead atoms. The lowest BCUT2D eigenvalue weighted by Gasteiger charge is -2.29. The Kier molecular flexibility index (Phi) is 7.66. The van der Waals surface area contributed by atoms with Gasteiger partial charge in [-0.25, -0.2) is 0 Å². The van der Waals surface area contributed by atoms with Gasteiger partial charge in [-0.3, -0.25) is 0 Å². The molecule has 4 aromatic carbocycles. The fourth-order valence-electron chi connectivity index (χ4n) is 7.39. The molecule has 0 N–H and O–H groups in total. The van der Waals surface area contributed by atoms with Crippen LogP contribution in [-0.2, 0) is 12.8 Å². The monoisotopic (exact) mass is 562 g/mol. The van der Waals surface area contributed by atoms with E-state index >= 15 is 0 Å². The van der Waals surface area contributed by atoms with Crippen molar-refractivity contribution >= 4 is 0 Å². The number of benzene rings is 4. The van der Waals surface area contributed by atoms with Gasteiger partial charge in [0.05, 0.1) is 26.4 Å². The minimum absolute atomic E-state index is 0.0289. The third kappa shape index (κ3) is 4.26. The van der Waals surface area contributed by atoms with Gasteiger partial charge in [0.15, 0.2) is 23.0 Å². The molecule has 2 aliphatic rings. The molecule has 0 saturated carbocycles. The Balaban J connectivity index is 1.70. The van der Waals surface area contributed by atoms with Crippen LogP contribution in [0.25, 0.3) is 22.3 Å². The molecule has 0 fully saturated rings. The first-order chi connectivity index (χ1) is 20.5. The summed E-state index contributed by atoms with van der Waals surface area (Å²) in [4.78, 5) is 0. The molecule has 4 heteroatoms. The molecule has 0 radical (unpaired) electrons. The zero-order valence-corrected chi connectivity index (χ0v) is 26.1. The van der Waals surface area contributed by atoms with Gasteiger partial charge < -0.3 is 18.9 Å². The van der Waals surface area contributed by atoms with Crippen LogP contribution >= 0.6 is 0 Å². The number of hydrogen-bond acceptors (Lipinski definition) is 4. The Morgan fingerprint density at radius 3 is 1.29 bits per heavy atom. The largest absolute Gasteiger partial charge is 0.490 e. The molecule has 218 valence electrons. The predicted molar refractivity (Wildman–Crippen MR) is 171 cm³/mol. The molecule has 0 aliphatic heterocycles. The highest BCUT2D eigenvalue weighted by molar-refractivity contribution is 5.88. The van der Waals surface area contributed by atoms with Crippen molar-refractivity contribution in [2.24, 2.45) is 0 Å². The standard InChI is InChI=1S/C38H42O4/c1-8-39-35-23(6)31-27-18-14-12-16-25(27)20-29(31)33(37(35)41-10-3)22(5)34-30-21-26-17-13-15-19-28(26)32(30)24(7)36(40-9-2)38(34)42-11-4/h12-19,22H,8-11,20-21H2,1-7H3. The van der Waals surface area contributed by atoms with E-state index in [9.17, 15) is 0 Å². The van der Waals surface area contributed by atoms with Crippen molar-refractivity contribution < 1.29 is 18.9 Å². The van der Waals surface area contributed by atoms with E-state index in [-0.39, 0.29) is 5.92 Å². The van der Waals surface area contributed by atoms with Gasteiger partial charge in [-0.15, -0.1) is 0 Å². The third-order valence-corrected chi connectivity index (χ3v) is 8.92. The molecule has 4 nitrogen and oxygen atoms in total. The maximum absolute atomic E-state index is 6.55. The minimum atomic E-state index is -0.0289. The van der Waals surface area contributed by atoms with E-state index in [0.717, 1.165) is 47.0 Å². The first kappa shape index (κ1) is 28.2. The zero-order chi connectivity index (χ0) is 29.5. The number of hydrogen-bond donors (Lipinski definition) is 0. The van der Waals surface area contributed by atoms with Crippen LogP contribution in [0.3, 0.4) is 0 Å². The summed E-state index contributed by atoms with van der Waals surface area (Å²) in [5.74, 6) is 3.40. The summed E-state index contributed by atoms with van der Waals surface area (Å²) < 4.78 is 25.9. The Morgan fingerprint density at radius 1 is 0.548 bits per heavy atom. The van der Waals surface area contributed by atoms with Crippen molar-refractivity contribution in [2.75, 3.05) is 26.4 Å². The molecule has 0 amide bonds. The summed E-state index contributed by atoms with van der Waals surface area (Å²) in [6.07, 6.45) is 1.74. The lowest BCUT2D eigenvalue weighted by molar-refractivity contribution is 0.279. The van der Waals surface area contributed by atoms with Gasteiger partial charge in [-0.2, -0.15) is 0 Å². The van der Waals surface area contributed by atoms with E-state index in [4.69, 9.17) is 18.9 Å². The Hall–Kier alpha value is -3.92. The average Bonchev–Trinajstić information content (AvgIpc) is 3.56. The smallest absolute Gasteiger partial charge is 0.165 e. The first-order valence-corrected chi connectivity index (χ1v) is 15.5. The van der Waals surface area contributed by atoms with Crippen LogP contribution in [0.1, 0.15) is 85.0 Å². The summed E-state index contributed by atoms with van der Waals surface area (Å²) in [6.45, 7) is 17.2. The van der Waals surface area contributed by atoms with Gasteiger partial charge in [0.1, 0.15) is 0 Å². The van der Waals surface area contributed by atoms with E-state index in [1.54, 1.807) is 0 Å². The SMILES string of the molecule is CCOc1c(C)c2c(c(C(C)c3c4c(c(C)c(OCC)c3OCC)-c3ccccc3C4)c1OCC)Cc1ccccc1-2. The molecule has 2 aliphatic carbocycles. The van der Waals surface area contributed by atoms with Crippen molar-refractivity contribution in [1.82, 2.24) is 0 Å². The van der Waals surface area contributed by atoms with Crippen molar-refractivity contribution in [3.63, 3.8) is 0 Å². The van der Waals surface area contributed by atoms with E-state index in [1.807, 2.05) is 13.8 Å². The van der Waals surface area contributed by atoms with Gasteiger partial charge in [0.2, 0.25) is 0 Å². The Labute approximate surface area is 250 Å². The van der Waals surface area contributed by atoms with Gasteiger partial charge in [-0.1, -0.05) is 55.5 Å². The van der Waals surface area contributed by atoms with Gasteiger partial charge in [0.25, 0.3) is 0 Å². The van der Waals surface area contributed by atoms with Crippen LogP contribution in [0.4, 0.5) is 0 Å². The number of rotatable bonds is 10. The Bertz CT molecular complexity index is 1540. The summed E-state index contributed by atoms with van der Waals surface area (Å²) in [5, 5.41) is 0. The van der Waals surface area contributed by atoms with Crippen molar-refractivity contribution in [2.45, 2.75) is 67.2 Å². The van der Waals surface area contributed by atoms with Gasteiger partial charge in [-0.05, 0) is 98.9 Å². The van der Waals surface area contributed by atoms with Crippen LogP contribution < -0.4 is 18.9 Å². The van der Waals surface area contributed by atoms with Crippen LogP contribution in [-0.4, -0.2) is 26.4 Å². The van der Waals surface area contributed by atoms with Gasteiger partial charge >= 0.3 is 0 Å². The molecule has 0 unspecified atom stereocenters. The lowest BCUT2D eigenvalue weighted by atomic mass is 9.80. The summed E-state index contributed by atoms with van der Waals surface area (Å²) in [5.41, 5.74) is 15.2. The predicted octanol–water partition coefficient (Wildman–Crippen LogP) is 9.19. The summed E-state index contributed by atoms with van der Waals surface area (Å²) >= 11 is 0. The van der Waals surface area contributed by atoms with E-state index < -0.39 is 0 Å². The van der Waals surface area contributed by atoms with Crippen LogP contribution in [0, 0.1) is 13.8 Å². The second-order valence-corrected chi connectivity index (χ2v) is 11.2. The molecule has 4 aromatic rings. The van der Waals surface area contributed by atoms with Gasteiger partial charge in [0, 0.05) is 28.2 Å². The molecular weight excluding hydrogens is 520 g/mol. The lowest BCUT2D eigenvalue weighted by Crippen LogP contribution is -2.14. The average molecular weight is 563 g/mol. The first-order valence-electron chi connectivity index (χ1n) is 15.5. The van der Waals surface area contributed by atoms with Crippen molar-refractivity contribution in [3.8, 4) is 45.3 Å².